The van der Waals surface area contributed by atoms with Gasteiger partial charge >= 0.3 is 6.03 Å². The summed E-state index contributed by atoms with van der Waals surface area (Å²) in [5.41, 5.74) is 4.89. The van der Waals surface area contributed by atoms with Crippen molar-refractivity contribution >= 4 is 21.6 Å². The number of hydrogen-bond acceptors (Lipinski definition) is 5. The van der Waals surface area contributed by atoms with Crippen LogP contribution in [0.1, 0.15) is 54.0 Å². The summed E-state index contributed by atoms with van der Waals surface area (Å²) in [5, 5.41) is 23.4. The minimum Gasteiger partial charge on any atom is -0.476 e. The normalized spacial score (nSPS) is 24.0. The Balaban J connectivity index is 1.32. The van der Waals surface area contributed by atoms with Gasteiger partial charge in [-0.3, -0.25) is 0 Å². The minimum atomic E-state index is -3.53. The van der Waals surface area contributed by atoms with E-state index in [2.05, 4.69) is 20.8 Å². The molecule has 0 bridgehead atoms. The first-order chi connectivity index (χ1) is 14.9. The van der Waals surface area contributed by atoms with Crippen molar-refractivity contribution in [2.24, 2.45) is 14.9 Å². The third-order valence-corrected chi connectivity index (χ3v) is 8.40. The number of aromatic nitrogens is 2. The third-order valence-electron chi connectivity index (χ3n) is 7.05. The molecule has 4 N–H and O–H groups in total. The minimum absolute atomic E-state index is 0.138. The quantitative estimate of drug-likeness (QED) is 0.656. The van der Waals surface area contributed by atoms with E-state index in [-0.39, 0.29) is 10.3 Å². The van der Waals surface area contributed by atoms with E-state index < -0.39 is 22.1 Å². The monoisotopic (exact) mass is 443 g/mol. The van der Waals surface area contributed by atoms with E-state index in [1.165, 1.54) is 6.20 Å². The topological polar surface area (TPSA) is 132 Å². The second-order valence-corrected chi connectivity index (χ2v) is 11.0. The van der Waals surface area contributed by atoms with Gasteiger partial charge in [0.05, 0.1) is 25.5 Å². The molecule has 1 spiro atoms. The molecule has 164 valence electrons. The third kappa shape index (κ3) is 3.07. The lowest BCUT2D eigenvalue weighted by atomic mass is 9.98. The van der Waals surface area contributed by atoms with Crippen LogP contribution in [0.3, 0.4) is 0 Å². The standard InChI is InChI=1S/C21H25N5O4S/c22-31(29,17-9-23-26-10-21(6-7-21)11-30-19(17)26)25-20(28)24-18-13-3-1-2-12(13)8-15-14(18)4-5-16(15)27/h8-9,16,27H,1-7,10-11H2,(H3,22,24,25,28,29). The highest BCUT2D eigenvalue weighted by molar-refractivity contribution is 7.91. The SMILES string of the molecule is NS(=O)(=NC(=O)Nc1c2c(cc3c1CCC3O)CCC2)c1cnn2c1OCC1(CC1)C2. The molecule has 1 fully saturated rings. The number of aryl methyl sites for hydroxylation is 1. The zero-order valence-corrected chi connectivity index (χ0v) is 17.9. The number of fused-ring (bicyclic) bond motifs is 3. The summed E-state index contributed by atoms with van der Waals surface area (Å²) in [5.74, 6) is 0.339. The van der Waals surface area contributed by atoms with E-state index in [1.807, 2.05) is 0 Å². The predicted molar refractivity (Wildman–Crippen MR) is 113 cm³/mol. The van der Waals surface area contributed by atoms with E-state index in [0.29, 0.717) is 37.6 Å². The number of rotatable bonds is 2. The fraction of sp³-hybridized carbons (Fsp3) is 0.524. The van der Waals surface area contributed by atoms with Crippen molar-refractivity contribution < 1.29 is 18.8 Å². The number of anilines is 1. The van der Waals surface area contributed by atoms with Crippen molar-refractivity contribution in [3.8, 4) is 5.88 Å². The van der Waals surface area contributed by atoms with E-state index in [4.69, 9.17) is 9.88 Å². The average molecular weight is 444 g/mol. The Morgan fingerprint density at radius 1 is 1.35 bits per heavy atom. The average Bonchev–Trinajstić information content (AvgIpc) is 3.09. The molecule has 0 radical (unpaired) electrons. The molecule has 3 aliphatic carbocycles. The number of carbonyl (C=O) groups is 1. The first-order valence-electron chi connectivity index (χ1n) is 10.8. The lowest BCUT2D eigenvalue weighted by molar-refractivity contribution is 0.144. The smallest absolute Gasteiger partial charge is 0.354 e. The Kier molecular flexibility index (Phi) is 4.06. The highest BCUT2D eigenvalue weighted by Gasteiger charge is 2.48. The molecule has 2 amide bonds. The maximum Gasteiger partial charge on any atom is 0.354 e. The van der Waals surface area contributed by atoms with Crippen molar-refractivity contribution in [1.82, 2.24) is 9.78 Å². The molecule has 2 unspecified atom stereocenters. The molecule has 2 atom stereocenters. The van der Waals surface area contributed by atoms with Gasteiger partial charge in [0.25, 0.3) is 0 Å². The van der Waals surface area contributed by atoms with Gasteiger partial charge in [-0.1, -0.05) is 6.07 Å². The number of benzene rings is 1. The van der Waals surface area contributed by atoms with E-state index in [1.54, 1.807) is 4.68 Å². The van der Waals surface area contributed by atoms with Crippen LogP contribution < -0.4 is 15.2 Å². The number of carbonyl (C=O) groups excluding carboxylic acids is 1. The molecule has 1 aromatic carbocycles. The van der Waals surface area contributed by atoms with Crippen LogP contribution in [0, 0.1) is 5.41 Å². The van der Waals surface area contributed by atoms with Crippen LogP contribution in [0.2, 0.25) is 0 Å². The number of urea groups is 1. The summed E-state index contributed by atoms with van der Waals surface area (Å²) in [7, 11) is -3.53. The highest BCUT2D eigenvalue weighted by Crippen LogP contribution is 2.50. The zero-order chi connectivity index (χ0) is 21.4. The summed E-state index contributed by atoms with van der Waals surface area (Å²) < 4.78 is 24.5. The number of aliphatic hydroxyl groups is 1. The second-order valence-electron chi connectivity index (χ2n) is 9.22. The largest absolute Gasteiger partial charge is 0.476 e. The van der Waals surface area contributed by atoms with Crippen LogP contribution in [-0.2, 0) is 35.7 Å². The van der Waals surface area contributed by atoms with Gasteiger partial charge in [-0.25, -0.2) is 18.8 Å². The number of nitrogens with two attached hydrogens (primary N) is 1. The molecule has 2 heterocycles. The van der Waals surface area contributed by atoms with Gasteiger partial charge in [0.1, 0.15) is 4.90 Å². The van der Waals surface area contributed by atoms with Crippen molar-refractivity contribution in [3.05, 3.63) is 34.5 Å². The van der Waals surface area contributed by atoms with Gasteiger partial charge in [0, 0.05) is 11.1 Å². The fourth-order valence-electron chi connectivity index (χ4n) is 5.15. The fourth-order valence-corrected chi connectivity index (χ4v) is 6.15. The van der Waals surface area contributed by atoms with Gasteiger partial charge in [-0.15, -0.1) is 4.36 Å². The maximum absolute atomic E-state index is 13.2. The lowest BCUT2D eigenvalue weighted by Crippen LogP contribution is -2.28. The molecule has 1 saturated carbocycles. The Bertz CT molecular complexity index is 1240. The summed E-state index contributed by atoms with van der Waals surface area (Å²) in [4.78, 5) is 13.0. The van der Waals surface area contributed by atoms with Gasteiger partial charge < -0.3 is 15.2 Å². The number of aliphatic hydroxyl groups excluding tert-OH is 1. The molecule has 2 aromatic rings. The number of amides is 2. The Labute approximate surface area is 180 Å². The van der Waals surface area contributed by atoms with Crippen LogP contribution >= 0.6 is 0 Å². The molecule has 6 rings (SSSR count). The van der Waals surface area contributed by atoms with E-state index in [0.717, 1.165) is 54.4 Å². The van der Waals surface area contributed by atoms with Gasteiger partial charge in [0.15, 0.2) is 9.92 Å². The second kappa shape index (κ2) is 6.54. The Morgan fingerprint density at radius 3 is 3.00 bits per heavy atom. The molecular formula is C21H25N5O4S. The van der Waals surface area contributed by atoms with E-state index >= 15 is 0 Å². The summed E-state index contributed by atoms with van der Waals surface area (Å²) in [6, 6.07) is 1.31. The van der Waals surface area contributed by atoms with Crippen LogP contribution in [0.4, 0.5) is 10.5 Å². The van der Waals surface area contributed by atoms with Crippen LogP contribution in [0.25, 0.3) is 0 Å². The lowest BCUT2D eigenvalue weighted by Gasteiger charge is -2.24. The van der Waals surface area contributed by atoms with Crippen LogP contribution in [0.5, 0.6) is 5.88 Å². The molecule has 10 heteroatoms. The first-order valence-corrected chi connectivity index (χ1v) is 12.3. The summed E-state index contributed by atoms with van der Waals surface area (Å²) >= 11 is 0. The highest BCUT2D eigenvalue weighted by atomic mass is 32.2. The van der Waals surface area contributed by atoms with Gasteiger partial charge in [-0.05, 0) is 67.2 Å². The van der Waals surface area contributed by atoms with Crippen molar-refractivity contribution in [2.75, 3.05) is 11.9 Å². The molecule has 31 heavy (non-hydrogen) atoms. The maximum atomic E-state index is 13.2. The zero-order valence-electron chi connectivity index (χ0n) is 17.1. The predicted octanol–water partition coefficient (Wildman–Crippen LogP) is 2.46. The molecule has 0 saturated heterocycles. The number of nitrogens with zero attached hydrogens (tertiary/aromatic N) is 3. The molecule has 4 aliphatic rings. The van der Waals surface area contributed by atoms with Crippen molar-refractivity contribution in [3.63, 3.8) is 0 Å². The van der Waals surface area contributed by atoms with Gasteiger partial charge in [0.2, 0.25) is 5.88 Å². The van der Waals surface area contributed by atoms with Gasteiger partial charge in [-0.2, -0.15) is 5.10 Å². The van der Waals surface area contributed by atoms with Crippen molar-refractivity contribution in [2.45, 2.75) is 62.5 Å². The van der Waals surface area contributed by atoms with Crippen LogP contribution in [0.15, 0.2) is 21.5 Å². The number of ether oxygens (including phenoxy) is 1. The van der Waals surface area contributed by atoms with Crippen molar-refractivity contribution in [1.29, 1.82) is 0 Å². The molecule has 1 aromatic heterocycles. The van der Waals surface area contributed by atoms with E-state index in [9.17, 15) is 14.1 Å². The first kappa shape index (κ1) is 19.3. The summed E-state index contributed by atoms with van der Waals surface area (Å²) in [6.07, 6.45) is 7.16. The summed E-state index contributed by atoms with van der Waals surface area (Å²) in [6.45, 7) is 1.24. The molecule has 1 aliphatic heterocycles. The molecule has 9 nitrogen and oxygen atoms in total. The molecular weight excluding hydrogens is 418 g/mol. The van der Waals surface area contributed by atoms with Crippen LogP contribution in [-0.4, -0.2) is 31.7 Å². The Morgan fingerprint density at radius 2 is 2.19 bits per heavy atom. The Hall–Kier alpha value is -2.43. The number of nitrogens with one attached hydrogen (secondary N) is 1. The number of hydrogen-bond donors (Lipinski definition) is 3.